The van der Waals surface area contributed by atoms with Crippen LogP contribution in [0.5, 0.6) is 0 Å². The van der Waals surface area contributed by atoms with Crippen LogP contribution in [-0.4, -0.2) is 17.0 Å². The van der Waals surface area contributed by atoms with E-state index in [2.05, 4.69) is 0 Å². The van der Waals surface area contributed by atoms with Gasteiger partial charge in [0.25, 0.3) is 0 Å². The topological polar surface area (TPSA) is 26.3 Å². The highest BCUT2D eigenvalue weighted by atomic mass is 32.7. The molecule has 1 fully saturated rings. The Labute approximate surface area is 46.8 Å². The molecule has 42 valence electrons. The number of hydrogen-bond acceptors (Lipinski definition) is 2. The lowest BCUT2D eigenvalue weighted by Crippen LogP contribution is -2.01. The Morgan fingerprint density at radius 2 is 2.57 bits per heavy atom. The minimum atomic E-state index is -0.912. The van der Waals surface area contributed by atoms with Crippen molar-refractivity contribution in [2.75, 3.05) is 12.8 Å². The highest BCUT2D eigenvalue weighted by Crippen LogP contribution is 2.22. The molecule has 0 aromatic heterocycles. The Morgan fingerprint density at radius 1 is 1.71 bits per heavy atom. The van der Waals surface area contributed by atoms with E-state index in [1.807, 2.05) is 0 Å². The SMILES string of the molecule is O=S1OCCCP1. The fourth-order valence-corrected chi connectivity index (χ4v) is 2.64. The molecule has 2 nitrogen and oxygen atoms in total. The highest BCUT2D eigenvalue weighted by Gasteiger charge is 2.04. The third-order valence-corrected chi connectivity index (χ3v) is 3.58. The highest BCUT2D eigenvalue weighted by molar-refractivity contribution is 8.37. The van der Waals surface area contributed by atoms with E-state index in [1.165, 1.54) is 0 Å². The molecule has 0 N–H and O–H groups in total. The van der Waals surface area contributed by atoms with Crippen LogP contribution >= 0.6 is 7.78 Å². The molecule has 2 unspecified atom stereocenters. The average molecular weight is 138 g/mol. The second-order valence-corrected chi connectivity index (χ2v) is 4.66. The van der Waals surface area contributed by atoms with Gasteiger partial charge in [-0.3, -0.25) is 4.18 Å². The van der Waals surface area contributed by atoms with E-state index in [0.717, 1.165) is 12.6 Å². The van der Waals surface area contributed by atoms with Crippen molar-refractivity contribution in [1.29, 1.82) is 0 Å². The van der Waals surface area contributed by atoms with Gasteiger partial charge in [-0.1, -0.05) is 0 Å². The Balaban J connectivity index is 2.25. The van der Waals surface area contributed by atoms with Gasteiger partial charge in [-0.2, -0.15) is 0 Å². The van der Waals surface area contributed by atoms with Crippen molar-refractivity contribution in [3.05, 3.63) is 0 Å². The van der Waals surface area contributed by atoms with Crippen molar-refractivity contribution in [3.63, 3.8) is 0 Å². The van der Waals surface area contributed by atoms with Gasteiger partial charge in [0.05, 0.1) is 6.61 Å². The van der Waals surface area contributed by atoms with Crippen molar-refractivity contribution < 1.29 is 8.39 Å². The van der Waals surface area contributed by atoms with Crippen LogP contribution in [-0.2, 0) is 14.9 Å². The van der Waals surface area contributed by atoms with Crippen LogP contribution in [0.1, 0.15) is 6.42 Å². The summed E-state index contributed by atoms with van der Waals surface area (Å²) in [6.07, 6.45) is 2.18. The molecule has 2 atom stereocenters. The molecule has 0 saturated carbocycles. The second kappa shape index (κ2) is 2.75. The summed E-state index contributed by atoms with van der Waals surface area (Å²) in [6, 6.07) is 0. The summed E-state index contributed by atoms with van der Waals surface area (Å²) in [5.41, 5.74) is 0. The molecule has 0 bridgehead atoms. The van der Waals surface area contributed by atoms with Gasteiger partial charge in [0.2, 0.25) is 0 Å². The summed E-state index contributed by atoms with van der Waals surface area (Å²) in [5.74, 6) is 0. The molecular formula is C3H7O2PS. The molecule has 1 aliphatic heterocycles. The standard InChI is InChI=1S/C3H7O2PS/c4-7-5-2-1-3-6-7/h6H,1-3H2. The summed E-state index contributed by atoms with van der Waals surface area (Å²) >= 11 is 0. The second-order valence-electron chi connectivity index (χ2n) is 1.30. The first kappa shape index (κ1) is 5.67. The normalized spacial score (nSPS) is 36.3. The van der Waals surface area contributed by atoms with Gasteiger partial charge < -0.3 is 0 Å². The van der Waals surface area contributed by atoms with Crippen LogP contribution in [0, 0.1) is 0 Å². The molecule has 0 aliphatic carbocycles. The number of rotatable bonds is 0. The summed E-state index contributed by atoms with van der Waals surface area (Å²) in [7, 11) is -0.387. The molecule has 0 spiro atoms. The maximum absolute atomic E-state index is 10.4. The smallest absolute Gasteiger partial charge is 0.173 e. The summed E-state index contributed by atoms with van der Waals surface area (Å²) in [5, 5.41) is 0. The molecule has 0 amide bonds. The van der Waals surface area contributed by atoms with Crippen LogP contribution in [0.2, 0.25) is 0 Å². The molecule has 0 aromatic carbocycles. The first-order valence-electron chi connectivity index (χ1n) is 2.18. The maximum Gasteiger partial charge on any atom is 0.173 e. The Hall–Kier alpha value is 0.540. The van der Waals surface area contributed by atoms with Crippen molar-refractivity contribution in [2.24, 2.45) is 0 Å². The van der Waals surface area contributed by atoms with E-state index in [4.69, 9.17) is 4.18 Å². The van der Waals surface area contributed by atoms with E-state index < -0.39 is 10.7 Å². The summed E-state index contributed by atoms with van der Waals surface area (Å²) in [4.78, 5) is 0. The molecule has 4 heteroatoms. The van der Waals surface area contributed by atoms with Gasteiger partial charge in [0.15, 0.2) is 10.7 Å². The largest absolute Gasteiger partial charge is 0.288 e. The molecule has 1 rings (SSSR count). The fourth-order valence-electron chi connectivity index (χ4n) is 0.404. The van der Waals surface area contributed by atoms with Crippen molar-refractivity contribution in [2.45, 2.75) is 6.42 Å². The average Bonchev–Trinajstić information content (AvgIpc) is 1.69. The van der Waals surface area contributed by atoms with Crippen LogP contribution in [0.15, 0.2) is 0 Å². The van der Waals surface area contributed by atoms with Crippen molar-refractivity contribution in [3.8, 4) is 0 Å². The minimum absolute atomic E-state index is 0.525. The third-order valence-electron chi connectivity index (χ3n) is 0.731. The summed E-state index contributed by atoms with van der Waals surface area (Å²) in [6.45, 7) is 0.694. The van der Waals surface area contributed by atoms with Crippen LogP contribution in [0.25, 0.3) is 0 Å². The lowest BCUT2D eigenvalue weighted by Gasteiger charge is -2.07. The monoisotopic (exact) mass is 138 g/mol. The first-order valence-corrected chi connectivity index (χ1v) is 5.19. The zero-order valence-corrected chi connectivity index (χ0v) is 5.66. The third kappa shape index (κ3) is 1.85. The quantitative estimate of drug-likeness (QED) is 0.460. The van der Waals surface area contributed by atoms with Gasteiger partial charge in [0.1, 0.15) is 0 Å². The van der Waals surface area contributed by atoms with Gasteiger partial charge in [-0.25, -0.2) is 4.21 Å². The molecule has 1 heterocycles. The van der Waals surface area contributed by atoms with Crippen molar-refractivity contribution in [1.82, 2.24) is 0 Å². The first-order chi connectivity index (χ1) is 3.39. The van der Waals surface area contributed by atoms with Crippen LogP contribution < -0.4 is 0 Å². The minimum Gasteiger partial charge on any atom is -0.288 e. The molecule has 1 saturated heterocycles. The zero-order chi connectivity index (χ0) is 5.11. The predicted molar refractivity (Wildman–Crippen MR) is 31.9 cm³/mol. The maximum atomic E-state index is 10.4. The number of hydrogen-bond donors (Lipinski definition) is 0. The lowest BCUT2D eigenvalue weighted by atomic mass is 10.5. The Bertz CT molecular complexity index is 77.0. The lowest BCUT2D eigenvalue weighted by molar-refractivity contribution is 0.351. The van der Waals surface area contributed by atoms with Crippen LogP contribution in [0.4, 0.5) is 0 Å². The van der Waals surface area contributed by atoms with Gasteiger partial charge in [-0.15, -0.1) is 0 Å². The van der Waals surface area contributed by atoms with Crippen molar-refractivity contribution >= 4 is 18.5 Å². The predicted octanol–water partition coefficient (Wildman–Crippen LogP) is 0.664. The Kier molecular flexibility index (Phi) is 2.23. The molecular weight excluding hydrogens is 131 g/mol. The van der Waals surface area contributed by atoms with E-state index in [9.17, 15) is 4.21 Å². The summed E-state index contributed by atoms with van der Waals surface area (Å²) < 4.78 is 15.1. The zero-order valence-electron chi connectivity index (χ0n) is 3.85. The van der Waals surface area contributed by atoms with Gasteiger partial charge in [-0.05, 0) is 12.6 Å². The fraction of sp³-hybridized carbons (Fsp3) is 1.00. The van der Waals surface area contributed by atoms with E-state index in [0.29, 0.717) is 14.4 Å². The molecule has 0 radical (unpaired) electrons. The van der Waals surface area contributed by atoms with Gasteiger partial charge >= 0.3 is 0 Å². The van der Waals surface area contributed by atoms with E-state index in [1.54, 1.807) is 0 Å². The molecule has 0 aromatic rings. The van der Waals surface area contributed by atoms with Crippen LogP contribution in [0.3, 0.4) is 0 Å². The van der Waals surface area contributed by atoms with E-state index in [-0.39, 0.29) is 0 Å². The molecule has 1 aliphatic rings. The molecule has 7 heavy (non-hydrogen) atoms. The Morgan fingerprint density at radius 3 is 2.86 bits per heavy atom. The van der Waals surface area contributed by atoms with Gasteiger partial charge in [0, 0.05) is 7.78 Å². The van der Waals surface area contributed by atoms with E-state index >= 15 is 0 Å².